The molecule has 1 aliphatic rings. The first kappa shape index (κ1) is 13.7. The summed E-state index contributed by atoms with van der Waals surface area (Å²) in [6.45, 7) is 2.25. The van der Waals surface area contributed by atoms with Crippen LogP contribution >= 0.6 is 0 Å². The normalized spacial score (nSPS) is 18.4. The van der Waals surface area contributed by atoms with Crippen molar-refractivity contribution < 1.29 is 17.9 Å². The Labute approximate surface area is 112 Å². The Morgan fingerprint density at radius 2 is 2.16 bits per heavy atom. The van der Waals surface area contributed by atoms with E-state index in [1.807, 2.05) is 0 Å². The van der Waals surface area contributed by atoms with Crippen LogP contribution in [0.5, 0.6) is 5.75 Å². The fourth-order valence-electron chi connectivity index (χ4n) is 1.94. The van der Waals surface area contributed by atoms with Crippen molar-refractivity contribution in [2.24, 2.45) is 0 Å². The topological polar surface area (TPSA) is 75.7 Å². The lowest BCUT2D eigenvalue weighted by atomic mass is 10.2. The molecule has 0 aromatic heterocycles. The molecule has 1 amide bonds. The van der Waals surface area contributed by atoms with Gasteiger partial charge in [0.25, 0.3) is 5.91 Å². The lowest BCUT2D eigenvalue weighted by molar-refractivity contribution is -0.127. The van der Waals surface area contributed by atoms with Crippen molar-refractivity contribution in [3.8, 4) is 5.75 Å². The lowest BCUT2D eigenvalue weighted by Crippen LogP contribution is -2.50. The van der Waals surface area contributed by atoms with Gasteiger partial charge in [0.05, 0.1) is 18.5 Å². The monoisotopic (exact) mass is 284 g/mol. The first-order chi connectivity index (χ1) is 8.93. The fourth-order valence-corrected chi connectivity index (χ4v) is 2.86. The highest BCUT2D eigenvalue weighted by Gasteiger charge is 2.34. The number of nitrogens with zero attached hydrogens (tertiary/aromatic N) is 1. The molecule has 6 nitrogen and oxygen atoms in total. The summed E-state index contributed by atoms with van der Waals surface area (Å²) in [5.74, 6) is 0.0843. The maximum absolute atomic E-state index is 11.8. The van der Waals surface area contributed by atoms with Gasteiger partial charge in [-0.2, -0.15) is 0 Å². The van der Waals surface area contributed by atoms with Gasteiger partial charge in [-0.1, -0.05) is 12.1 Å². The molecular formula is C12H16N2O4S. The minimum Gasteiger partial charge on any atom is -0.476 e. The van der Waals surface area contributed by atoms with E-state index in [1.54, 1.807) is 31.2 Å². The van der Waals surface area contributed by atoms with Crippen LogP contribution in [0.3, 0.4) is 0 Å². The van der Waals surface area contributed by atoms with Crippen LogP contribution in [0.2, 0.25) is 0 Å². The molecule has 7 heteroatoms. The number of likely N-dealkylation sites (N-methyl/N-ethyl adjacent to an activating group) is 1. The van der Waals surface area contributed by atoms with E-state index in [0.29, 0.717) is 18.0 Å². The largest absolute Gasteiger partial charge is 0.476 e. The molecule has 19 heavy (non-hydrogen) atoms. The Hall–Kier alpha value is -1.76. The molecule has 1 aliphatic heterocycles. The lowest BCUT2D eigenvalue weighted by Gasteiger charge is -2.33. The number of ether oxygens (including phenoxy) is 1. The number of rotatable bonds is 3. The van der Waals surface area contributed by atoms with Crippen molar-refractivity contribution in [1.29, 1.82) is 0 Å². The molecule has 0 bridgehead atoms. The molecule has 0 radical (unpaired) electrons. The summed E-state index contributed by atoms with van der Waals surface area (Å²) < 4.78 is 30.4. The molecule has 1 atom stereocenters. The third-order valence-electron chi connectivity index (χ3n) is 2.78. The average molecular weight is 284 g/mol. The van der Waals surface area contributed by atoms with Crippen molar-refractivity contribution in [3.05, 3.63) is 24.3 Å². The SMILES string of the molecule is CCNC(=O)C1CN(S(C)(=O)=O)c2ccccc2O1. The Balaban J connectivity index is 2.38. The molecule has 1 aromatic carbocycles. The summed E-state index contributed by atoms with van der Waals surface area (Å²) >= 11 is 0. The molecule has 2 rings (SSSR count). The second-order valence-electron chi connectivity index (χ2n) is 4.26. The van der Waals surface area contributed by atoms with Crippen molar-refractivity contribution in [3.63, 3.8) is 0 Å². The van der Waals surface area contributed by atoms with E-state index in [1.165, 1.54) is 4.31 Å². The highest BCUT2D eigenvalue weighted by atomic mass is 32.2. The van der Waals surface area contributed by atoms with Gasteiger partial charge in [-0.25, -0.2) is 8.42 Å². The number of nitrogens with one attached hydrogen (secondary N) is 1. The third-order valence-corrected chi connectivity index (χ3v) is 3.93. The van der Waals surface area contributed by atoms with Crippen LogP contribution in [0.15, 0.2) is 24.3 Å². The van der Waals surface area contributed by atoms with Crippen LogP contribution in [0, 0.1) is 0 Å². The maximum Gasteiger partial charge on any atom is 0.262 e. The minimum atomic E-state index is -3.45. The summed E-state index contributed by atoms with van der Waals surface area (Å²) in [6.07, 6.45) is 0.286. The molecule has 1 unspecified atom stereocenters. The fraction of sp³-hybridized carbons (Fsp3) is 0.417. The van der Waals surface area contributed by atoms with Gasteiger partial charge < -0.3 is 10.1 Å². The summed E-state index contributed by atoms with van der Waals surface area (Å²) in [5.41, 5.74) is 0.463. The van der Waals surface area contributed by atoms with Gasteiger partial charge in [0, 0.05) is 6.54 Å². The van der Waals surface area contributed by atoms with Crippen molar-refractivity contribution >= 4 is 21.6 Å². The second-order valence-corrected chi connectivity index (χ2v) is 6.17. The number of hydrogen-bond donors (Lipinski definition) is 1. The van der Waals surface area contributed by atoms with Gasteiger partial charge in [-0.3, -0.25) is 9.10 Å². The molecule has 104 valence electrons. The van der Waals surface area contributed by atoms with E-state index in [2.05, 4.69) is 5.32 Å². The predicted molar refractivity (Wildman–Crippen MR) is 71.7 cm³/mol. The van der Waals surface area contributed by atoms with Crippen LogP contribution in [-0.4, -0.2) is 39.8 Å². The number of carbonyl (C=O) groups excluding carboxylic acids is 1. The number of benzene rings is 1. The Morgan fingerprint density at radius 1 is 1.47 bits per heavy atom. The smallest absolute Gasteiger partial charge is 0.262 e. The molecule has 1 heterocycles. The number of sulfonamides is 1. The first-order valence-electron chi connectivity index (χ1n) is 5.94. The van der Waals surface area contributed by atoms with E-state index < -0.39 is 16.1 Å². The molecule has 0 fully saturated rings. The van der Waals surface area contributed by atoms with Crippen LogP contribution in [0.1, 0.15) is 6.92 Å². The molecule has 0 saturated heterocycles. The third kappa shape index (κ3) is 2.81. The van der Waals surface area contributed by atoms with E-state index in [9.17, 15) is 13.2 Å². The van der Waals surface area contributed by atoms with Crippen molar-refractivity contribution in [2.75, 3.05) is 23.7 Å². The van der Waals surface area contributed by atoms with E-state index in [0.717, 1.165) is 6.26 Å². The van der Waals surface area contributed by atoms with Gasteiger partial charge in [0.1, 0.15) is 5.75 Å². The maximum atomic E-state index is 11.8. The summed E-state index contributed by atoms with van der Waals surface area (Å²) in [7, 11) is -3.45. The molecule has 0 spiro atoms. The standard InChI is InChI=1S/C12H16N2O4S/c1-3-13-12(15)11-8-14(19(2,16)17)9-6-4-5-7-10(9)18-11/h4-7,11H,3,8H2,1-2H3,(H,13,15). The molecule has 1 N–H and O–H groups in total. The first-order valence-corrected chi connectivity index (χ1v) is 7.79. The second kappa shape index (κ2) is 5.08. The summed E-state index contributed by atoms with van der Waals surface area (Å²) in [5, 5.41) is 2.63. The van der Waals surface area contributed by atoms with Crippen LogP contribution in [0.25, 0.3) is 0 Å². The average Bonchev–Trinajstić information content (AvgIpc) is 2.36. The van der Waals surface area contributed by atoms with Gasteiger partial charge in [0.15, 0.2) is 6.10 Å². The van der Waals surface area contributed by atoms with E-state index in [-0.39, 0.29) is 12.5 Å². The Bertz CT molecular complexity index is 585. The molecule has 0 aliphatic carbocycles. The Morgan fingerprint density at radius 3 is 2.79 bits per heavy atom. The number of fused-ring (bicyclic) bond motifs is 1. The zero-order valence-electron chi connectivity index (χ0n) is 10.8. The number of hydrogen-bond acceptors (Lipinski definition) is 4. The van der Waals surface area contributed by atoms with Gasteiger partial charge in [-0.05, 0) is 19.1 Å². The zero-order chi connectivity index (χ0) is 14.0. The molecular weight excluding hydrogens is 268 g/mol. The quantitative estimate of drug-likeness (QED) is 0.869. The van der Waals surface area contributed by atoms with E-state index in [4.69, 9.17) is 4.74 Å². The highest BCUT2D eigenvalue weighted by Crippen LogP contribution is 2.34. The summed E-state index contributed by atoms with van der Waals surface area (Å²) in [4.78, 5) is 11.8. The zero-order valence-corrected chi connectivity index (χ0v) is 11.6. The van der Waals surface area contributed by atoms with Crippen LogP contribution in [-0.2, 0) is 14.8 Å². The number of carbonyl (C=O) groups is 1. The van der Waals surface area contributed by atoms with E-state index >= 15 is 0 Å². The van der Waals surface area contributed by atoms with Crippen LogP contribution in [0.4, 0.5) is 5.69 Å². The number of anilines is 1. The van der Waals surface area contributed by atoms with Crippen molar-refractivity contribution in [2.45, 2.75) is 13.0 Å². The molecule has 0 saturated carbocycles. The van der Waals surface area contributed by atoms with Gasteiger partial charge in [0.2, 0.25) is 10.0 Å². The van der Waals surface area contributed by atoms with Gasteiger partial charge >= 0.3 is 0 Å². The Kier molecular flexibility index (Phi) is 3.66. The summed E-state index contributed by atoms with van der Waals surface area (Å²) in [6, 6.07) is 6.77. The number of para-hydroxylation sites is 2. The van der Waals surface area contributed by atoms with Gasteiger partial charge in [-0.15, -0.1) is 0 Å². The van der Waals surface area contributed by atoms with Crippen LogP contribution < -0.4 is 14.4 Å². The van der Waals surface area contributed by atoms with Crippen molar-refractivity contribution in [1.82, 2.24) is 5.32 Å². The minimum absolute atomic E-state index is 0.0122. The number of amides is 1. The predicted octanol–water partition coefficient (Wildman–Crippen LogP) is 0.350. The highest BCUT2D eigenvalue weighted by molar-refractivity contribution is 7.92. The molecule has 1 aromatic rings.